The maximum absolute atomic E-state index is 13.8. The molecule has 0 aromatic heterocycles. The van der Waals surface area contributed by atoms with Crippen LogP contribution in [0.1, 0.15) is 95.9 Å². The van der Waals surface area contributed by atoms with Crippen molar-refractivity contribution in [2.24, 2.45) is 5.92 Å². The van der Waals surface area contributed by atoms with Crippen LogP contribution in [0.25, 0.3) is 6.08 Å². The van der Waals surface area contributed by atoms with Crippen molar-refractivity contribution in [1.82, 2.24) is 0 Å². The first-order chi connectivity index (χ1) is 15.5. The Bertz CT molecular complexity index is 983. The van der Waals surface area contributed by atoms with Crippen molar-refractivity contribution in [1.29, 1.82) is 0 Å². The van der Waals surface area contributed by atoms with E-state index < -0.39 is 0 Å². The Morgan fingerprint density at radius 2 is 1.58 bits per heavy atom. The molecule has 2 atom stereocenters. The van der Waals surface area contributed by atoms with Crippen LogP contribution in [-0.4, -0.2) is 13.1 Å². The predicted octanol–water partition coefficient (Wildman–Crippen LogP) is 7.81. The summed E-state index contributed by atoms with van der Waals surface area (Å²) in [4.78, 5) is 13.8. The SMILES string of the molecule is CCCCC1c2ccccc2C=CC1C(=O)Oc1c(C(C)(C)C)cc(OC)cc1C(C)(C)C. The Labute approximate surface area is 200 Å². The monoisotopic (exact) mass is 448 g/mol. The Morgan fingerprint density at radius 1 is 0.970 bits per heavy atom. The Morgan fingerprint density at radius 3 is 2.12 bits per heavy atom. The number of carbonyl (C=O) groups excluding carboxylic acids is 1. The molecule has 33 heavy (non-hydrogen) atoms. The zero-order valence-electron chi connectivity index (χ0n) is 21.6. The van der Waals surface area contributed by atoms with Crippen LogP contribution in [-0.2, 0) is 15.6 Å². The molecule has 1 aliphatic rings. The second-order valence-corrected chi connectivity index (χ2v) is 11.2. The molecule has 0 radical (unpaired) electrons. The van der Waals surface area contributed by atoms with Crippen LogP contribution in [0.5, 0.6) is 11.5 Å². The number of fused-ring (bicyclic) bond motifs is 1. The summed E-state index contributed by atoms with van der Waals surface area (Å²) in [5.41, 5.74) is 4.02. The number of hydrogen-bond acceptors (Lipinski definition) is 3. The van der Waals surface area contributed by atoms with E-state index in [1.165, 1.54) is 11.1 Å². The van der Waals surface area contributed by atoms with Crippen molar-refractivity contribution in [3.8, 4) is 11.5 Å². The molecule has 0 N–H and O–H groups in total. The molecule has 2 aromatic carbocycles. The number of rotatable bonds is 6. The molecular weight excluding hydrogens is 408 g/mol. The molecule has 0 fully saturated rings. The van der Waals surface area contributed by atoms with Gasteiger partial charge in [0.15, 0.2) is 0 Å². The van der Waals surface area contributed by atoms with Crippen molar-refractivity contribution >= 4 is 12.0 Å². The quantitative estimate of drug-likeness (QED) is 0.334. The molecule has 2 unspecified atom stereocenters. The molecule has 0 bridgehead atoms. The molecule has 178 valence electrons. The zero-order valence-corrected chi connectivity index (χ0v) is 21.6. The van der Waals surface area contributed by atoms with Gasteiger partial charge in [-0.25, -0.2) is 0 Å². The average Bonchev–Trinajstić information content (AvgIpc) is 2.75. The highest BCUT2D eigenvalue weighted by atomic mass is 16.5. The lowest BCUT2D eigenvalue weighted by molar-refractivity contribution is -0.138. The van der Waals surface area contributed by atoms with Gasteiger partial charge in [-0.15, -0.1) is 0 Å². The number of esters is 1. The van der Waals surface area contributed by atoms with E-state index in [0.717, 1.165) is 36.1 Å². The summed E-state index contributed by atoms with van der Waals surface area (Å²) in [5, 5.41) is 0. The van der Waals surface area contributed by atoms with Crippen LogP contribution < -0.4 is 9.47 Å². The molecule has 2 aromatic rings. The van der Waals surface area contributed by atoms with E-state index in [9.17, 15) is 4.79 Å². The van der Waals surface area contributed by atoms with Gasteiger partial charge in [-0.05, 0) is 40.5 Å². The Kier molecular flexibility index (Phi) is 7.41. The number of methoxy groups -OCH3 is 1. The normalized spacial score (nSPS) is 18.1. The summed E-state index contributed by atoms with van der Waals surface area (Å²) in [6.45, 7) is 15.1. The predicted molar refractivity (Wildman–Crippen MR) is 137 cm³/mol. The number of ether oxygens (including phenoxy) is 2. The largest absolute Gasteiger partial charge is 0.497 e. The highest BCUT2D eigenvalue weighted by Crippen LogP contribution is 2.44. The van der Waals surface area contributed by atoms with E-state index in [0.29, 0.717) is 5.75 Å². The van der Waals surface area contributed by atoms with Gasteiger partial charge in [0.05, 0.1) is 13.0 Å². The van der Waals surface area contributed by atoms with Gasteiger partial charge in [-0.2, -0.15) is 0 Å². The van der Waals surface area contributed by atoms with Crippen molar-refractivity contribution in [3.05, 3.63) is 64.7 Å². The summed E-state index contributed by atoms with van der Waals surface area (Å²) < 4.78 is 12.0. The average molecular weight is 449 g/mol. The second kappa shape index (κ2) is 9.75. The van der Waals surface area contributed by atoms with Gasteiger partial charge in [0.2, 0.25) is 0 Å². The van der Waals surface area contributed by atoms with Crippen molar-refractivity contribution in [3.63, 3.8) is 0 Å². The zero-order chi connectivity index (χ0) is 24.4. The van der Waals surface area contributed by atoms with Crippen LogP contribution in [0, 0.1) is 5.92 Å². The third-order valence-corrected chi connectivity index (χ3v) is 6.57. The van der Waals surface area contributed by atoms with Gasteiger partial charge in [-0.1, -0.05) is 97.7 Å². The summed E-state index contributed by atoms with van der Waals surface area (Å²) in [5.74, 6) is 1.13. The number of unbranched alkanes of at least 4 members (excludes halogenated alkanes) is 1. The molecule has 0 saturated heterocycles. The third-order valence-electron chi connectivity index (χ3n) is 6.57. The number of hydrogen-bond donors (Lipinski definition) is 0. The molecule has 3 heteroatoms. The molecule has 3 nitrogen and oxygen atoms in total. The van der Waals surface area contributed by atoms with E-state index in [-0.39, 0.29) is 28.6 Å². The molecule has 3 rings (SSSR count). The highest BCUT2D eigenvalue weighted by molar-refractivity contribution is 5.82. The standard InChI is InChI=1S/C30H40O3/c1-9-10-14-23-22-15-12-11-13-20(22)16-17-24(23)28(31)33-27-25(29(2,3)4)18-21(32-8)19-26(27)30(5,6)7/h11-13,15-19,23-24H,9-10,14H2,1-8H3. The molecular formula is C30H40O3. The first kappa shape index (κ1) is 25.1. The Hall–Kier alpha value is -2.55. The molecule has 0 spiro atoms. The first-order valence-corrected chi connectivity index (χ1v) is 12.2. The minimum absolute atomic E-state index is 0.132. The van der Waals surface area contributed by atoms with E-state index in [1.807, 2.05) is 18.2 Å². The summed E-state index contributed by atoms with van der Waals surface area (Å²) >= 11 is 0. The number of carbonyl (C=O) groups is 1. The van der Waals surface area contributed by atoms with E-state index >= 15 is 0 Å². The van der Waals surface area contributed by atoms with Gasteiger partial charge < -0.3 is 9.47 Å². The first-order valence-electron chi connectivity index (χ1n) is 12.2. The van der Waals surface area contributed by atoms with Gasteiger partial charge in [0.25, 0.3) is 0 Å². The fourth-order valence-electron chi connectivity index (χ4n) is 4.65. The number of benzene rings is 2. The van der Waals surface area contributed by atoms with Crippen LogP contribution in [0.15, 0.2) is 42.5 Å². The van der Waals surface area contributed by atoms with E-state index in [2.05, 4.69) is 78.8 Å². The summed E-state index contributed by atoms with van der Waals surface area (Å²) in [6.07, 6.45) is 7.28. The van der Waals surface area contributed by atoms with Crippen molar-refractivity contribution in [2.75, 3.05) is 7.11 Å². The minimum Gasteiger partial charge on any atom is -0.497 e. The smallest absolute Gasteiger partial charge is 0.318 e. The molecule has 1 aliphatic carbocycles. The maximum Gasteiger partial charge on any atom is 0.318 e. The topological polar surface area (TPSA) is 35.5 Å². The van der Waals surface area contributed by atoms with Crippen molar-refractivity contribution in [2.45, 2.75) is 84.5 Å². The van der Waals surface area contributed by atoms with Gasteiger partial charge in [0.1, 0.15) is 11.5 Å². The Balaban J connectivity index is 2.06. The van der Waals surface area contributed by atoms with Crippen molar-refractivity contribution < 1.29 is 14.3 Å². The van der Waals surface area contributed by atoms with E-state index in [1.54, 1.807) is 7.11 Å². The molecule has 0 amide bonds. The van der Waals surface area contributed by atoms with Gasteiger partial charge >= 0.3 is 5.97 Å². The van der Waals surface area contributed by atoms with Crippen LogP contribution in [0.4, 0.5) is 0 Å². The van der Waals surface area contributed by atoms with E-state index in [4.69, 9.17) is 9.47 Å². The lowest BCUT2D eigenvalue weighted by Crippen LogP contribution is -2.29. The lowest BCUT2D eigenvalue weighted by Gasteiger charge is -2.32. The molecule has 0 heterocycles. The van der Waals surface area contributed by atoms with Crippen LogP contribution in [0.3, 0.4) is 0 Å². The minimum atomic E-state index is -0.297. The van der Waals surface area contributed by atoms with Crippen LogP contribution >= 0.6 is 0 Å². The highest BCUT2D eigenvalue weighted by Gasteiger charge is 2.35. The van der Waals surface area contributed by atoms with Gasteiger partial charge in [0, 0.05) is 17.0 Å². The van der Waals surface area contributed by atoms with Gasteiger partial charge in [-0.3, -0.25) is 4.79 Å². The fourth-order valence-corrected chi connectivity index (χ4v) is 4.65. The maximum atomic E-state index is 13.8. The molecule has 0 aliphatic heterocycles. The summed E-state index contributed by atoms with van der Waals surface area (Å²) in [7, 11) is 1.68. The fraction of sp³-hybridized carbons (Fsp3) is 0.500. The third kappa shape index (κ3) is 5.51. The lowest BCUT2D eigenvalue weighted by atomic mass is 9.76. The summed E-state index contributed by atoms with van der Waals surface area (Å²) in [6, 6.07) is 12.4. The second-order valence-electron chi connectivity index (χ2n) is 11.2. The van der Waals surface area contributed by atoms with Crippen LogP contribution in [0.2, 0.25) is 0 Å². The molecule has 0 saturated carbocycles.